The first-order valence-corrected chi connectivity index (χ1v) is 10.4. The van der Waals surface area contributed by atoms with Gasteiger partial charge in [-0.25, -0.2) is 0 Å². The molecule has 0 bridgehead atoms. The maximum atomic E-state index is 12.9. The van der Waals surface area contributed by atoms with Gasteiger partial charge < -0.3 is 4.74 Å². The van der Waals surface area contributed by atoms with Gasteiger partial charge in [-0.15, -0.1) is 11.5 Å². The third-order valence-electron chi connectivity index (χ3n) is 4.34. The highest BCUT2D eigenvalue weighted by Gasteiger charge is 2.17. The number of benzene rings is 2. The van der Waals surface area contributed by atoms with Gasteiger partial charge in [0, 0.05) is 28.5 Å². The van der Waals surface area contributed by atoms with E-state index in [4.69, 9.17) is 22.8 Å². The molecule has 0 aliphatic rings. The molecule has 0 radical (unpaired) electrons. The Kier molecular flexibility index (Phi) is 6.22. The Morgan fingerprint density at radius 3 is 2.71 bits per heavy atom. The van der Waals surface area contributed by atoms with E-state index in [9.17, 15) is 4.79 Å². The minimum Gasteiger partial charge on any atom is -0.464 e. The molecule has 4 aromatic rings. The number of carbonyl (C=O) groups excluding carboxylic acids is 1. The van der Waals surface area contributed by atoms with Crippen molar-refractivity contribution in [2.24, 2.45) is 0 Å². The molecule has 0 aliphatic heterocycles. The molecular formula is C23H15ClN4O2S. The average molecular weight is 447 g/mol. The van der Waals surface area contributed by atoms with E-state index in [2.05, 4.69) is 26.4 Å². The van der Waals surface area contributed by atoms with Crippen molar-refractivity contribution in [2.75, 3.05) is 5.32 Å². The molecule has 0 atom stereocenters. The van der Waals surface area contributed by atoms with Crippen LogP contribution in [0.3, 0.4) is 0 Å². The van der Waals surface area contributed by atoms with Gasteiger partial charge in [-0.1, -0.05) is 53.0 Å². The monoisotopic (exact) mass is 446 g/mol. The first-order valence-electron chi connectivity index (χ1n) is 9.16. The van der Waals surface area contributed by atoms with Gasteiger partial charge in [-0.3, -0.25) is 15.1 Å². The Morgan fingerprint density at radius 1 is 1.10 bits per heavy atom. The molecule has 1 amide bonds. The summed E-state index contributed by atoms with van der Waals surface area (Å²) in [5, 5.41) is 12.0. The topological polar surface area (TPSA) is 77.0 Å². The SMILES string of the molecule is C#Cc1ccccc1-c1cnccc1C(=O)Nc1nnc(OCc2ccc(Cl)cc2)s1. The van der Waals surface area contributed by atoms with Crippen LogP contribution in [-0.4, -0.2) is 21.1 Å². The van der Waals surface area contributed by atoms with Crippen LogP contribution in [0.2, 0.25) is 5.02 Å². The molecule has 4 rings (SSSR count). The van der Waals surface area contributed by atoms with Crippen LogP contribution < -0.4 is 10.1 Å². The number of aromatic nitrogens is 3. The molecule has 6 nitrogen and oxygen atoms in total. The molecule has 2 heterocycles. The number of hydrogen-bond acceptors (Lipinski definition) is 6. The second-order valence-electron chi connectivity index (χ2n) is 6.35. The lowest BCUT2D eigenvalue weighted by molar-refractivity contribution is 0.102. The zero-order valence-electron chi connectivity index (χ0n) is 16.1. The Labute approximate surface area is 187 Å². The third-order valence-corrected chi connectivity index (χ3v) is 5.34. The van der Waals surface area contributed by atoms with Crippen molar-refractivity contribution in [3.63, 3.8) is 0 Å². The van der Waals surface area contributed by atoms with E-state index in [-0.39, 0.29) is 5.91 Å². The van der Waals surface area contributed by atoms with Crippen molar-refractivity contribution in [3.05, 3.63) is 88.7 Å². The van der Waals surface area contributed by atoms with Gasteiger partial charge in [0.05, 0.1) is 5.56 Å². The smallest absolute Gasteiger partial charge is 0.296 e. The molecular weight excluding hydrogens is 432 g/mol. The molecule has 2 aromatic heterocycles. The molecule has 2 aromatic carbocycles. The van der Waals surface area contributed by atoms with E-state index in [1.165, 1.54) is 0 Å². The van der Waals surface area contributed by atoms with Gasteiger partial charge in [0.1, 0.15) is 6.61 Å². The van der Waals surface area contributed by atoms with Crippen molar-refractivity contribution in [1.82, 2.24) is 15.2 Å². The Balaban J connectivity index is 1.48. The van der Waals surface area contributed by atoms with Crippen LogP contribution in [0.1, 0.15) is 21.5 Å². The zero-order chi connectivity index (χ0) is 21.6. The summed E-state index contributed by atoms with van der Waals surface area (Å²) in [7, 11) is 0. The maximum Gasteiger partial charge on any atom is 0.296 e. The fourth-order valence-corrected chi connectivity index (χ4v) is 3.58. The van der Waals surface area contributed by atoms with Gasteiger partial charge in [0.2, 0.25) is 5.13 Å². The van der Waals surface area contributed by atoms with Crippen molar-refractivity contribution < 1.29 is 9.53 Å². The maximum absolute atomic E-state index is 12.9. The Bertz CT molecular complexity index is 1270. The number of nitrogens with one attached hydrogen (secondary N) is 1. The molecule has 1 N–H and O–H groups in total. The Morgan fingerprint density at radius 2 is 1.90 bits per heavy atom. The second kappa shape index (κ2) is 9.39. The van der Waals surface area contributed by atoms with E-state index >= 15 is 0 Å². The molecule has 0 spiro atoms. The number of anilines is 1. The van der Waals surface area contributed by atoms with Crippen LogP contribution in [0.5, 0.6) is 5.19 Å². The highest BCUT2D eigenvalue weighted by molar-refractivity contribution is 7.17. The molecule has 0 fully saturated rings. The quantitative estimate of drug-likeness (QED) is 0.418. The number of carbonyl (C=O) groups is 1. The largest absolute Gasteiger partial charge is 0.464 e. The summed E-state index contributed by atoms with van der Waals surface area (Å²) in [6, 6.07) is 16.3. The van der Waals surface area contributed by atoms with Crippen molar-refractivity contribution >= 4 is 34.0 Å². The number of rotatable bonds is 6. The first-order chi connectivity index (χ1) is 15.1. The summed E-state index contributed by atoms with van der Waals surface area (Å²) in [4.78, 5) is 17.1. The second-order valence-corrected chi connectivity index (χ2v) is 7.73. The minimum absolute atomic E-state index is 0.317. The van der Waals surface area contributed by atoms with Gasteiger partial charge in [0.15, 0.2) is 0 Å². The highest BCUT2D eigenvalue weighted by Crippen LogP contribution is 2.28. The summed E-state index contributed by atoms with van der Waals surface area (Å²) in [6.45, 7) is 0.317. The lowest BCUT2D eigenvalue weighted by atomic mass is 9.97. The van der Waals surface area contributed by atoms with E-state index in [1.54, 1.807) is 30.6 Å². The van der Waals surface area contributed by atoms with E-state index in [1.807, 2.05) is 36.4 Å². The van der Waals surface area contributed by atoms with Crippen LogP contribution in [0.4, 0.5) is 5.13 Å². The lowest BCUT2D eigenvalue weighted by Crippen LogP contribution is -2.13. The van der Waals surface area contributed by atoms with Crippen molar-refractivity contribution in [2.45, 2.75) is 6.61 Å². The molecule has 8 heteroatoms. The normalized spacial score (nSPS) is 10.3. The van der Waals surface area contributed by atoms with Crippen LogP contribution in [-0.2, 0) is 6.61 Å². The fourth-order valence-electron chi connectivity index (χ4n) is 2.86. The molecule has 152 valence electrons. The average Bonchev–Trinajstić information content (AvgIpc) is 3.26. The van der Waals surface area contributed by atoms with E-state index in [0.717, 1.165) is 22.5 Å². The van der Waals surface area contributed by atoms with Crippen LogP contribution in [0.15, 0.2) is 67.0 Å². The number of halogens is 1. The van der Waals surface area contributed by atoms with Crippen LogP contribution in [0.25, 0.3) is 11.1 Å². The summed E-state index contributed by atoms with van der Waals surface area (Å²) >= 11 is 7.02. The summed E-state index contributed by atoms with van der Waals surface area (Å²) in [5.74, 6) is 2.30. The van der Waals surface area contributed by atoms with E-state index < -0.39 is 0 Å². The van der Waals surface area contributed by atoms with Crippen molar-refractivity contribution in [1.29, 1.82) is 0 Å². The fraction of sp³-hybridized carbons (Fsp3) is 0.0435. The lowest BCUT2D eigenvalue weighted by Gasteiger charge is -2.10. The number of terminal acetylenes is 1. The number of nitrogens with zero attached hydrogens (tertiary/aromatic N) is 3. The number of pyridine rings is 1. The molecule has 0 aliphatic carbocycles. The Hall–Kier alpha value is -3.73. The molecule has 0 saturated heterocycles. The van der Waals surface area contributed by atoms with Gasteiger partial charge in [-0.05, 0) is 46.7 Å². The molecule has 31 heavy (non-hydrogen) atoms. The molecule has 0 saturated carbocycles. The van der Waals surface area contributed by atoms with E-state index in [0.29, 0.717) is 38.6 Å². The number of hydrogen-bond donors (Lipinski definition) is 1. The van der Waals surface area contributed by atoms with Crippen molar-refractivity contribution in [3.8, 4) is 28.7 Å². The summed E-state index contributed by atoms with van der Waals surface area (Å²) < 4.78 is 5.64. The molecule has 0 unspecified atom stereocenters. The predicted octanol–water partition coefficient (Wildman–Crippen LogP) is 5.07. The third kappa shape index (κ3) is 4.89. The van der Waals surface area contributed by atoms with Gasteiger partial charge in [0.25, 0.3) is 11.1 Å². The predicted molar refractivity (Wildman–Crippen MR) is 121 cm³/mol. The summed E-state index contributed by atoms with van der Waals surface area (Å²) in [5.41, 5.74) is 3.44. The van der Waals surface area contributed by atoms with Gasteiger partial charge >= 0.3 is 0 Å². The number of amides is 1. The minimum atomic E-state index is -0.343. The number of ether oxygens (including phenoxy) is 1. The highest BCUT2D eigenvalue weighted by atomic mass is 35.5. The van der Waals surface area contributed by atoms with Crippen LogP contribution in [0, 0.1) is 12.3 Å². The zero-order valence-corrected chi connectivity index (χ0v) is 17.7. The first kappa shape index (κ1) is 20.5. The van der Waals surface area contributed by atoms with Gasteiger partial charge in [-0.2, -0.15) is 0 Å². The summed E-state index contributed by atoms with van der Waals surface area (Å²) in [6.07, 6.45) is 8.78. The standard InChI is InChI=1S/C23H15ClN4O2S/c1-2-16-5-3-4-6-18(16)20-13-25-12-11-19(20)21(29)26-22-27-28-23(31-22)30-14-15-7-9-17(24)10-8-15/h1,3-13H,14H2,(H,26,27,29). The van der Waals surface area contributed by atoms with Crippen LogP contribution >= 0.6 is 22.9 Å².